The Labute approximate surface area is 77.1 Å². The Balaban J connectivity index is 4.15. The Kier molecular flexibility index (Phi) is 3.97. The predicted octanol–water partition coefficient (Wildman–Crippen LogP) is 0.462. The van der Waals surface area contributed by atoms with Crippen molar-refractivity contribution < 1.29 is 14.3 Å². The molecule has 0 spiro atoms. The monoisotopic (exact) mass is 186 g/mol. The van der Waals surface area contributed by atoms with E-state index < -0.39 is 18.2 Å². The summed E-state index contributed by atoms with van der Waals surface area (Å²) in [6.07, 6.45) is -0.679. The molecule has 0 rings (SSSR count). The number of hydrogen-bond acceptors (Lipinski definition) is 3. The molecule has 2 N–H and O–H groups in total. The molecule has 0 aliphatic carbocycles. The fraction of sp³-hybridized carbons (Fsp3) is 0.500. The molecule has 1 unspecified atom stereocenters. The molecule has 74 valence electrons. The van der Waals surface area contributed by atoms with E-state index in [0.29, 0.717) is 0 Å². The van der Waals surface area contributed by atoms with Crippen LogP contribution in [0.4, 0.5) is 4.79 Å². The van der Waals surface area contributed by atoms with Gasteiger partial charge in [0.2, 0.25) is 0 Å². The topological polar surface area (TPSA) is 72.6 Å². The Morgan fingerprint density at radius 2 is 2.00 bits per heavy atom. The molecule has 5 nitrogen and oxygen atoms in total. The van der Waals surface area contributed by atoms with Crippen LogP contribution >= 0.6 is 0 Å². The molecular formula is C8H14N2O3. The van der Waals surface area contributed by atoms with E-state index in [9.17, 15) is 9.59 Å². The summed E-state index contributed by atoms with van der Waals surface area (Å²) in [5.74, 6) is -0.541. The molecule has 0 aliphatic heterocycles. The van der Waals surface area contributed by atoms with E-state index in [0.717, 1.165) is 4.90 Å². The molecule has 0 bridgehead atoms. The minimum Gasteiger partial charge on any atom is -0.438 e. The molecule has 0 aromatic heterocycles. The second-order valence-corrected chi connectivity index (χ2v) is 2.73. The van der Waals surface area contributed by atoms with Gasteiger partial charge in [0.05, 0.1) is 0 Å². The number of carbonyl (C=O) groups excluding carboxylic acids is 2. The molecule has 0 aromatic rings. The smallest absolute Gasteiger partial charge is 0.335 e. The van der Waals surface area contributed by atoms with Crippen LogP contribution < -0.4 is 5.73 Å². The van der Waals surface area contributed by atoms with Gasteiger partial charge in [-0.2, -0.15) is 0 Å². The molecule has 0 aliphatic rings. The Morgan fingerprint density at radius 3 is 2.31 bits per heavy atom. The number of rotatable bonds is 3. The van der Waals surface area contributed by atoms with Crippen molar-refractivity contribution in [2.45, 2.75) is 20.1 Å². The first-order valence-electron chi connectivity index (χ1n) is 3.75. The molecule has 1 atom stereocenters. The Morgan fingerprint density at radius 1 is 1.54 bits per heavy atom. The van der Waals surface area contributed by atoms with E-state index in [2.05, 4.69) is 6.58 Å². The lowest BCUT2D eigenvalue weighted by Gasteiger charge is -2.22. The summed E-state index contributed by atoms with van der Waals surface area (Å²) >= 11 is 0. The summed E-state index contributed by atoms with van der Waals surface area (Å²) in [6.45, 7) is 6.48. The molecule has 0 radical (unpaired) electrons. The van der Waals surface area contributed by atoms with Gasteiger partial charge in [-0.3, -0.25) is 4.90 Å². The molecular weight excluding hydrogens is 172 g/mol. The van der Waals surface area contributed by atoms with Crippen LogP contribution in [0.25, 0.3) is 0 Å². The second-order valence-electron chi connectivity index (χ2n) is 2.73. The number of nitrogens with zero attached hydrogens (tertiary/aromatic N) is 1. The molecule has 0 aromatic carbocycles. The maximum absolute atomic E-state index is 11.0. The second kappa shape index (κ2) is 4.49. The van der Waals surface area contributed by atoms with Crippen molar-refractivity contribution in [1.82, 2.24) is 4.90 Å². The highest BCUT2D eigenvalue weighted by molar-refractivity contribution is 5.87. The fourth-order valence-electron chi connectivity index (χ4n) is 0.514. The summed E-state index contributed by atoms with van der Waals surface area (Å²) in [7, 11) is 1.44. The lowest BCUT2D eigenvalue weighted by molar-refractivity contribution is -0.149. The lowest BCUT2D eigenvalue weighted by Crippen LogP contribution is -2.41. The van der Waals surface area contributed by atoms with Gasteiger partial charge in [0, 0.05) is 12.6 Å². The van der Waals surface area contributed by atoms with E-state index >= 15 is 0 Å². The van der Waals surface area contributed by atoms with Gasteiger partial charge >= 0.3 is 12.0 Å². The largest absolute Gasteiger partial charge is 0.438 e. The van der Waals surface area contributed by atoms with Gasteiger partial charge in [-0.05, 0) is 13.8 Å². The number of hydrogen-bond donors (Lipinski definition) is 1. The van der Waals surface area contributed by atoms with Crippen molar-refractivity contribution in [2.24, 2.45) is 5.73 Å². The molecule has 0 saturated carbocycles. The first-order valence-corrected chi connectivity index (χ1v) is 3.75. The maximum Gasteiger partial charge on any atom is 0.335 e. The van der Waals surface area contributed by atoms with Crippen molar-refractivity contribution >= 4 is 12.0 Å². The van der Waals surface area contributed by atoms with E-state index in [1.54, 1.807) is 6.92 Å². The van der Waals surface area contributed by atoms with Gasteiger partial charge in [0.1, 0.15) is 0 Å². The number of nitrogens with two attached hydrogens (primary N) is 1. The Bertz CT molecular complexity index is 238. The van der Waals surface area contributed by atoms with Crippen molar-refractivity contribution in [2.75, 3.05) is 7.05 Å². The van der Waals surface area contributed by atoms with Crippen molar-refractivity contribution in [3.63, 3.8) is 0 Å². The van der Waals surface area contributed by atoms with E-state index in [4.69, 9.17) is 10.5 Å². The van der Waals surface area contributed by atoms with Gasteiger partial charge in [-0.1, -0.05) is 6.58 Å². The lowest BCUT2D eigenvalue weighted by atomic mass is 10.4. The SMILES string of the molecule is C=C(C)C(=O)OC(C)N(C)C(N)=O. The minimum atomic E-state index is -0.679. The summed E-state index contributed by atoms with van der Waals surface area (Å²) in [6, 6.07) is -0.651. The van der Waals surface area contributed by atoms with Gasteiger partial charge in [-0.25, -0.2) is 9.59 Å². The summed E-state index contributed by atoms with van der Waals surface area (Å²) < 4.78 is 4.82. The number of primary amides is 1. The molecule has 0 fully saturated rings. The number of esters is 1. The number of ether oxygens (including phenoxy) is 1. The molecule has 0 heterocycles. The average molecular weight is 186 g/mol. The van der Waals surface area contributed by atoms with Gasteiger partial charge < -0.3 is 10.5 Å². The van der Waals surface area contributed by atoms with Crippen LogP contribution in [0.1, 0.15) is 13.8 Å². The first kappa shape index (κ1) is 11.5. The van der Waals surface area contributed by atoms with Crippen LogP contribution in [0, 0.1) is 0 Å². The maximum atomic E-state index is 11.0. The summed E-state index contributed by atoms with van der Waals surface area (Å²) in [4.78, 5) is 22.7. The van der Waals surface area contributed by atoms with Crippen LogP contribution in [0.2, 0.25) is 0 Å². The zero-order valence-electron chi connectivity index (χ0n) is 8.03. The zero-order valence-corrected chi connectivity index (χ0v) is 8.03. The van der Waals surface area contributed by atoms with Crippen LogP contribution in [0.3, 0.4) is 0 Å². The highest BCUT2D eigenvalue weighted by Gasteiger charge is 2.16. The van der Waals surface area contributed by atoms with Crippen molar-refractivity contribution in [3.05, 3.63) is 12.2 Å². The number of carbonyl (C=O) groups is 2. The molecule has 5 heteroatoms. The van der Waals surface area contributed by atoms with E-state index in [1.807, 2.05) is 0 Å². The highest BCUT2D eigenvalue weighted by Crippen LogP contribution is 2.01. The minimum absolute atomic E-state index is 0.282. The van der Waals surface area contributed by atoms with Crippen molar-refractivity contribution in [1.29, 1.82) is 0 Å². The molecule has 0 saturated heterocycles. The normalized spacial score (nSPS) is 11.6. The van der Waals surface area contributed by atoms with E-state index in [-0.39, 0.29) is 5.57 Å². The van der Waals surface area contributed by atoms with E-state index in [1.165, 1.54) is 14.0 Å². The van der Waals surface area contributed by atoms with Crippen LogP contribution in [-0.2, 0) is 9.53 Å². The van der Waals surface area contributed by atoms with Crippen LogP contribution in [-0.4, -0.2) is 30.2 Å². The van der Waals surface area contributed by atoms with Gasteiger partial charge in [0.15, 0.2) is 6.23 Å². The number of urea groups is 1. The van der Waals surface area contributed by atoms with Gasteiger partial charge in [-0.15, -0.1) is 0 Å². The first-order chi connectivity index (χ1) is 5.86. The standard InChI is InChI=1S/C8H14N2O3/c1-5(2)7(11)13-6(3)10(4)8(9)12/h6H,1H2,2-4H3,(H2,9,12). The third-order valence-corrected chi connectivity index (χ3v) is 1.52. The van der Waals surface area contributed by atoms with Crippen LogP contribution in [0.15, 0.2) is 12.2 Å². The van der Waals surface area contributed by atoms with Gasteiger partial charge in [0.25, 0.3) is 0 Å². The van der Waals surface area contributed by atoms with Crippen LogP contribution in [0.5, 0.6) is 0 Å². The quantitative estimate of drug-likeness (QED) is 0.395. The third-order valence-electron chi connectivity index (χ3n) is 1.52. The van der Waals surface area contributed by atoms with Crippen molar-refractivity contribution in [3.8, 4) is 0 Å². The zero-order chi connectivity index (χ0) is 10.6. The predicted molar refractivity (Wildman–Crippen MR) is 47.7 cm³/mol. The molecule has 13 heavy (non-hydrogen) atoms. The summed E-state index contributed by atoms with van der Waals surface area (Å²) in [5.41, 5.74) is 5.24. The fourth-order valence-corrected chi connectivity index (χ4v) is 0.514. The highest BCUT2D eigenvalue weighted by atomic mass is 16.6. The Hall–Kier alpha value is -1.52. The number of amides is 2. The molecule has 2 amide bonds. The summed E-state index contributed by atoms with van der Waals surface area (Å²) in [5, 5.41) is 0. The third kappa shape index (κ3) is 3.59. The average Bonchev–Trinajstić information content (AvgIpc) is 2.02.